The number of aryl methyl sites for hydroxylation is 4. The van der Waals surface area contributed by atoms with Crippen LogP contribution in [0.5, 0.6) is 5.75 Å². The number of rotatable bonds is 1. The summed E-state index contributed by atoms with van der Waals surface area (Å²) in [6.45, 7) is 13.8. The smallest absolute Gasteiger partial charge is 0.125 e. The van der Waals surface area contributed by atoms with E-state index in [9.17, 15) is 0 Å². The van der Waals surface area contributed by atoms with E-state index in [0.29, 0.717) is 0 Å². The molecule has 0 heterocycles. The first-order valence-electron chi connectivity index (χ1n) is 13.6. The number of fused-ring (bicyclic) bond motifs is 6. The van der Waals surface area contributed by atoms with Crippen LogP contribution < -0.4 is 4.74 Å². The zero-order chi connectivity index (χ0) is 26.3. The Hall–Kier alpha value is -2.58. The molecule has 1 nitrogen and oxygen atoms in total. The normalized spacial score (nSPS) is 14.6. The van der Waals surface area contributed by atoms with Crippen molar-refractivity contribution in [2.75, 3.05) is 7.11 Å². The zero-order valence-corrected chi connectivity index (χ0v) is 24.8. The van der Waals surface area contributed by atoms with Crippen LogP contribution in [0.1, 0.15) is 74.9 Å². The van der Waals surface area contributed by atoms with E-state index in [1.807, 2.05) is 7.11 Å². The maximum absolute atomic E-state index is 6.03. The van der Waals surface area contributed by atoms with Gasteiger partial charge in [0.1, 0.15) is 5.75 Å². The van der Waals surface area contributed by atoms with Crippen LogP contribution in [0, 0.1) is 0 Å². The van der Waals surface area contributed by atoms with E-state index in [-0.39, 0.29) is 10.8 Å². The van der Waals surface area contributed by atoms with Crippen LogP contribution in [0.4, 0.5) is 0 Å². The Balaban J connectivity index is 1.62. The summed E-state index contributed by atoms with van der Waals surface area (Å²) >= 11 is 3.99. The van der Waals surface area contributed by atoms with Gasteiger partial charge in [-0.05, 0) is 114 Å². The van der Waals surface area contributed by atoms with E-state index in [0.717, 1.165) is 31.4 Å². The lowest BCUT2D eigenvalue weighted by Gasteiger charge is -2.26. The molecule has 0 radical (unpaired) electrons. The second-order valence-electron chi connectivity index (χ2n) is 13.0. The van der Waals surface area contributed by atoms with E-state index in [4.69, 9.17) is 4.74 Å². The monoisotopic (exact) mass is 552 g/mol. The first-order valence-corrected chi connectivity index (χ1v) is 14.4. The van der Waals surface area contributed by atoms with Crippen molar-refractivity contribution in [3.63, 3.8) is 0 Å². The molecule has 37 heavy (non-hydrogen) atoms. The lowest BCUT2D eigenvalue weighted by atomic mass is 9.80. The number of methoxy groups -OCH3 is 1. The molecule has 5 aromatic carbocycles. The third kappa shape index (κ3) is 4.04. The minimum atomic E-state index is 0.106. The van der Waals surface area contributed by atoms with Crippen molar-refractivity contribution < 1.29 is 4.74 Å². The average molecular weight is 554 g/mol. The van der Waals surface area contributed by atoms with Gasteiger partial charge in [-0.3, -0.25) is 0 Å². The molecule has 0 unspecified atom stereocenters. The van der Waals surface area contributed by atoms with E-state index in [1.165, 1.54) is 70.2 Å². The highest BCUT2D eigenvalue weighted by molar-refractivity contribution is 9.10. The molecule has 4 bridgehead atoms. The van der Waals surface area contributed by atoms with E-state index >= 15 is 0 Å². The molecule has 0 aromatic heterocycles. The Morgan fingerprint density at radius 1 is 0.595 bits per heavy atom. The number of hydrogen-bond donors (Lipinski definition) is 0. The predicted octanol–water partition coefficient (Wildman–Crippen LogP) is 9.83. The lowest BCUT2D eigenvalue weighted by Crippen LogP contribution is -2.14. The molecule has 1 aliphatic carbocycles. The first kappa shape index (κ1) is 24.7. The fourth-order valence-electron chi connectivity index (χ4n) is 6.30. The number of halogens is 1. The second kappa shape index (κ2) is 8.46. The lowest BCUT2D eigenvalue weighted by molar-refractivity contribution is 0.403. The predicted molar refractivity (Wildman–Crippen MR) is 163 cm³/mol. The molecule has 2 heteroatoms. The molecule has 0 aliphatic heterocycles. The van der Waals surface area contributed by atoms with Crippen molar-refractivity contribution in [1.82, 2.24) is 0 Å². The molecule has 0 saturated carbocycles. The highest BCUT2D eigenvalue weighted by atomic mass is 79.9. The minimum absolute atomic E-state index is 0.106. The molecule has 5 aromatic rings. The summed E-state index contributed by atoms with van der Waals surface area (Å²) in [5, 5.41) is 8.31. The molecule has 0 atom stereocenters. The van der Waals surface area contributed by atoms with Gasteiger partial charge in [-0.1, -0.05) is 93.9 Å². The topological polar surface area (TPSA) is 9.23 Å². The van der Waals surface area contributed by atoms with Gasteiger partial charge in [0.25, 0.3) is 0 Å². The number of benzene rings is 5. The Morgan fingerprint density at radius 2 is 1.16 bits per heavy atom. The fraction of sp³-hybridized carbons (Fsp3) is 0.371. The van der Waals surface area contributed by atoms with Crippen molar-refractivity contribution in [3.05, 3.63) is 86.4 Å². The van der Waals surface area contributed by atoms with Gasteiger partial charge < -0.3 is 4.74 Å². The van der Waals surface area contributed by atoms with Crippen LogP contribution in [0.2, 0.25) is 0 Å². The first-order chi connectivity index (χ1) is 17.5. The highest BCUT2D eigenvalue weighted by Crippen LogP contribution is 2.44. The Labute approximate surface area is 229 Å². The van der Waals surface area contributed by atoms with Crippen molar-refractivity contribution in [2.45, 2.75) is 78.1 Å². The quantitative estimate of drug-likeness (QED) is 0.188. The molecular formula is C35H37BrO. The fourth-order valence-corrected chi connectivity index (χ4v) is 6.85. The molecule has 6 rings (SSSR count). The third-order valence-corrected chi connectivity index (χ3v) is 9.12. The van der Waals surface area contributed by atoms with Crippen LogP contribution in [0.3, 0.4) is 0 Å². The van der Waals surface area contributed by atoms with Crippen molar-refractivity contribution in [2.24, 2.45) is 0 Å². The Bertz CT molecular complexity index is 1680. The van der Waals surface area contributed by atoms with E-state index < -0.39 is 0 Å². The van der Waals surface area contributed by atoms with Gasteiger partial charge in [0, 0.05) is 4.47 Å². The van der Waals surface area contributed by atoms with Crippen molar-refractivity contribution in [3.8, 4) is 5.75 Å². The van der Waals surface area contributed by atoms with Crippen LogP contribution in [-0.2, 0) is 36.5 Å². The molecule has 0 saturated heterocycles. The molecular weight excluding hydrogens is 516 g/mol. The molecule has 0 N–H and O–H groups in total. The van der Waals surface area contributed by atoms with Gasteiger partial charge in [-0.2, -0.15) is 0 Å². The van der Waals surface area contributed by atoms with Crippen LogP contribution >= 0.6 is 15.9 Å². The third-order valence-electron chi connectivity index (χ3n) is 8.46. The Morgan fingerprint density at radius 3 is 1.76 bits per heavy atom. The van der Waals surface area contributed by atoms with Crippen LogP contribution in [0.15, 0.2) is 53.0 Å². The van der Waals surface area contributed by atoms with Gasteiger partial charge >= 0.3 is 0 Å². The summed E-state index contributed by atoms with van der Waals surface area (Å²) in [6, 6.07) is 19.2. The average Bonchev–Trinajstić information content (AvgIpc) is 2.83. The minimum Gasteiger partial charge on any atom is -0.496 e. The zero-order valence-electron chi connectivity index (χ0n) is 23.2. The summed E-state index contributed by atoms with van der Waals surface area (Å²) in [7, 11) is 1.84. The molecule has 0 fully saturated rings. The summed E-state index contributed by atoms with van der Waals surface area (Å²) < 4.78 is 7.22. The summed E-state index contributed by atoms with van der Waals surface area (Å²) in [4.78, 5) is 0. The highest BCUT2D eigenvalue weighted by Gasteiger charge is 2.24. The molecule has 0 amide bonds. The Kier molecular flexibility index (Phi) is 5.66. The van der Waals surface area contributed by atoms with Crippen LogP contribution in [0.25, 0.3) is 32.3 Å². The largest absolute Gasteiger partial charge is 0.496 e. The maximum atomic E-state index is 6.03. The van der Waals surface area contributed by atoms with Crippen molar-refractivity contribution >= 4 is 48.2 Å². The van der Waals surface area contributed by atoms with Crippen molar-refractivity contribution in [1.29, 1.82) is 0 Å². The van der Waals surface area contributed by atoms with Gasteiger partial charge in [-0.25, -0.2) is 0 Å². The number of ether oxygens (including phenoxy) is 1. The molecule has 190 valence electrons. The van der Waals surface area contributed by atoms with Gasteiger partial charge in [0.05, 0.1) is 7.11 Å². The van der Waals surface area contributed by atoms with Crippen LogP contribution in [-0.4, -0.2) is 7.11 Å². The standard InChI is InChI=1S/C35H37BrO/c1-34(2,3)25-16-23-10-8-20-14-21(9-11-24(17-25)33(23)37-7)28-19-30(36)29-18-26(35(4,5)6)15-22-12-13-27(20)32(28)31(22)29/h12-19H,8-11H2,1-7H3. The van der Waals surface area contributed by atoms with Gasteiger partial charge in [0.15, 0.2) is 0 Å². The van der Waals surface area contributed by atoms with E-state index in [1.54, 1.807) is 0 Å². The summed E-state index contributed by atoms with van der Waals surface area (Å²) in [5.74, 6) is 1.09. The molecule has 0 spiro atoms. The van der Waals surface area contributed by atoms with E-state index in [2.05, 4.69) is 106 Å². The maximum Gasteiger partial charge on any atom is 0.125 e. The molecule has 1 aliphatic rings. The van der Waals surface area contributed by atoms with Gasteiger partial charge in [0.2, 0.25) is 0 Å². The SMILES string of the molecule is COc1c2cc(C(C)(C)C)cc1CCc1cc(c3ccc4cc(C(C)(C)C)cc5c(Br)cc1c3c45)CC2. The number of hydrogen-bond acceptors (Lipinski definition) is 1. The summed E-state index contributed by atoms with van der Waals surface area (Å²) in [6.07, 6.45) is 3.99. The second-order valence-corrected chi connectivity index (χ2v) is 13.9. The summed E-state index contributed by atoms with van der Waals surface area (Å²) in [5.41, 5.74) is 8.60. The van der Waals surface area contributed by atoms with Gasteiger partial charge in [-0.15, -0.1) is 0 Å².